The second kappa shape index (κ2) is 5.68. The zero-order valence-electron chi connectivity index (χ0n) is 9.36. The summed E-state index contributed by atoms with van der Waals surface area (Å²) in [5, 5.41) is 3.37. The third-order valence-corrected chi connectivity index (χ3v) is 3.13. The number of nitrogen functional groups attached to an aromatic ring is 1. The van der Waals surface area contributed by atoms with Crippen LogP contribution in [0.5, 0.6) is 0 Å². The second-order valence-corrected chi connectivity index (χ2v) is 4.63. The summed E-state index contributed by atoms with van der Waals surface area (Å²) >= 11 is 3.48. The first-order valence-corrected chi connectivity index (χ1v) is 6.23. The molecule has 0 atom stereocenters. The van der Waals surface area contributed by atoms with E-state index in [0.717, 1.165) is 28.8 Å². The molecule has 0 aliphatic heterocycles. The van der Waals surface area contributed by atoms with Crippen LogP contribution in [0.3, 0.4) is 0 Å². The number of benzene rings is 1. The molecule has 3 N–H and O–H groups in total. The highest BCUT2D eigenvalue weighted by molar-refractivity contribution is 9.10. The van der Waals surface area contributed by atoms with Crippen LogP contribution in [-0.2, 0) is 6.42 Å². The molecule has 88 valence electrons. The lowest BCUT2D eigenvalue weighted by molar-refractivity contribution is 1.01. The summed E-state index contributed by atoms with van der Waals surface area (Å²) in [5.41, 5.74) is 8.78. The molecule has 0 aliphatic carbocycles. The van der Waals surface area contributed by atoms with Crippen molar-refractivity contribution in [1.82, 2.24) is 4.98 Å². The molecule has 0 bridgehead atoms. The largest absolute Gasteiger partial charge is 0.399 e. The minimum Gasteiger partial charge on any atom is -0.399 e. The highest BCUT2D eigenvalue weighted by Gasteiger charge is 1.99. The third-order valence-electron chi connectivity index (χ3n) is 2.47. The van der Waals surface area contributed by atoms with Crippen LogP contribution in [-0.4, -0.2) is 11.5 Å². The van der Waals surface area contributed by atoms with Crippen molar-refractivity contribution in [2.24, 2.45) is 0 Å². The Morgan fingerprint density at radius 2 is 1.94 bits per heavy atom. The predicted molar refractivity (Wildman–Crippen MR) is 75.0 cm³/mol. The molecule has 1 aromatic carbocycles. The van der Waals surface area contributed by atoms with Gasteiger partial charge in [-0.2, -0.15) is 0 Å². The number of anilines is 2. The molecule has 0 saturated heterocycles. The van der Waals surface area contributed by atoms with Crippen LogP contribution >= 0.6 is 15.9 Å². The standard InChI is InChI=1S/C13H14BrN3/c14-12-9-11(15)1-2-13(12)17-8-5-10-3-6-16-7-4-10/h1-4,6-7,9,17H,5,8,15H2. The van der Waals surface area contributed by atoms with Crippen LogP contribution in [0.2, 0.25) is 0 Å². The number of halogens is 1. The lowest BCUT2D eigenvalue weighted by Crippen LogP contribution is -2.05. The minimum absolute atomic E-state index is 0.761. The Morgan fingerprint density at radius 1 is 1.18 bits per heavy atom. The van der Waals surface area contributed by atoms with Gasteiger partial charge >= 0.3 is 0 Å². The molecule has 2 rings (SSSR count). The fourth-order valence-corrected chi connectivity index (χ4v) is 2.10. The number of hydrogen-bond acceptors (Lipinski definition) is 3. The number of pyridine rings is 1. The van der Waals surface area contributed by atoms with Crippen molar-refractivity contribution in [3.63, 3.8) is 0 Å². The van der Waals surface area contributed by atoms with Crippen LogP contribution in [0.4, 0.5) is 11.4 Å². The molecule has 4 heteroatoms. The van der Waals surface area contributed by atoms with Gasteiger partial charge in [-0.25, -0.2) is 0 Å². The molecule has 2 aromatic rings. The highest BCUT2D eigenvalue weighted by Crippen LogP contribution is 2.24. The lowest BCUT2D eigenvalue weighted by Gasteiger charge is -2.09. The number of rotatable bonds is 4. The van der Waals surface area contributed by atoms with Gasteiger partial charge < -0.3 is 11.1 Å². The Labute approximate surface area is 109 Å². The molecule has 0 aliphatic rings. The smallest absolute Gasteiger partial charge is 0.0486 e. The van der Waals surface area contributed by atoms with Gasteiger partial charge in [0.05, 0.1) is 0 Å². The average Bonchev–Trinajstić information content (AvgIpc) is 2.33. The van der Waals surface area contributed by atoms with E-state index in [4.69, 9.17) is 5.73 Å². The van der Waals surface area contributed by atoms with Crippen LogP contribution in [0.15, 0.2) is 47.2 Å². The van der Waals surface area contributed by atoms with Crippen molar-refractivity contribution < 1.29 is 0 Å². The molecule has 3 nitrogen and oxygen atoms in total. The summed E-state index contributed by atoms with van der Waals surface area (Å²) in [6.45, 7) is 0.881. The Balaban J connectivity index is 1.90. The van der Waals surface area contributed by atoms with Gasteiger partial charge in [-0.1, -0.05) is 0 Å². The fourth-order valence-electron chi connectivity index (χ4n) is 1.57. The van der Waals surface area contributed by atoms with Gasteiger partial charge in [0, 0.05) is 34.8 Å². The van der Waals surface area contributed by atoms with E-state index in [0.29, 0.717) is 0 Å². The first kappa shape index (κ1) is 11.9. The molecule has 0 amide bonds. The first-order chi connectivity index (χ1) is 8.25. The summed E-state index contributed by atoms with van der Waals surface area (Å²) in [6, 6.07) is 9.82. The predicted octanol–water partition coefficient (Wildman–Crippen LogP) is 3.08. The van der Waals surface area contributed by atoms with Crippen LogP contribution in [0.25, 0.3) is 0 Å². The van der Waals surface area contributed by atoms with Gasteiger partial charge in [0.1, 0.15) is 0 Å². The monoisotopic (exact) mass is 291 g/mol. The molecule has 0 spiro atoms. The number of hydrogen-bond donors (Lipinski definition) is 2. The lowest BCUT2D eigenvalue weighted by atomic mass is 10.2. The SMILES string of the molecule is Nc1ccc(NCCc2ccncc2)c(Br)c1. The molecule has 0 unspecified atom stereocenters. The van der Waals surface area contributed by atoms with Crippen molar-refractivity contribution in [3.8, 4) is 0 Å². The summed E-state index contributed by atoms with van der Waals surface area (Å²) in [6.07, 6.45) is 4.60. The Bertz CT molecular complexity index is 485. The van der Waals surface area contributed by atoms with Crippen LogP contribution in [0, 0.1) is 0 Å². The third kappa shape index (κ3) is 3.46. The number of nitrogens with zero attached hydrogens (tertiary/aromatic N) is 1. The minimum atomic E-state index is 0.761. The fraction of sp³-hybridized carbons (Fsp3) is 0.154. The molecule has 17 heavy (non-hydrogen) atoms. The molecule has 1 heterocycles. The average molecular weight is 292 g/mol. The van der Waals surface area contributed by atoms with Crippen molar-refractivity contribution in [2.75, 3.05) is 17.6 Å². The normalized spacial score (nSPS) is 10.2. The van der Waals surface area contributed by atoms with E-state index in [2.05, 4.69) is 26.2 Å². The molecule has 0 saturated carbocycles. The van der Waals surface area contributed by atoms with Gasteiger partial charge in [0.25, 0.3) is 0 Å². The van der Waals surface area contributed by atoms with E-state index in [-0.39, 0.29) is 0 Å². The van der Waals surface area contributed by atoms with Gasteiger partial charge in [-0.3, -0.25) is 4.98 Å². The van der Waals surface area contributed by atoms with E-state index in [1.807, 2.05) is 42.7 Å². The van der Waals surface area contributed by atoms with Crippen molar-refractivity contribution in [1.29, 1.82) is 0 Å². The quantitative estimate of drug-likeness (QED) is 0.851. The Kier molecular flexibility index (Phi) is 3.98. The van der Waals surface area contributed by atoms with E-state index in [9.17, 15) is 0 Å². The molecule has 0 fully saturated rings. The topological polar surface area (TPSA) is 50.9 Å². The maximum atomic E-state index is 5.68. The number of nitrogens with one attached hydrogen (secondary N) is 1. The van der Waals surface area contributed by atoms with Gasteiger partial charge in [0.2, 0.25) is 0 Å². The summed E-state index contributed by atoms with van der Waals surface area (Å²) in [7, 11) is 0. The van der Waals surface area contributed by atoms with Crippen molar-refractivity contribution in [3.05, 3.63) is 52.8 Å². The van der Waals surface area contributed by atoms with E-state index >= 15 is 0 Å². The van der Waals surface area contributed by atoms with E-state index < -0.39 is 0 Å². The number of nitrogens with two attached hydrogens (primary N) is 1. The van der Waals surface area contributed by atoms with E-state index in [1.165, 1.54) is 5.56 Å². The van der Waals surface area contributed by atoms with Crippen LogP contribution in [0.1, 0.15) is 5.56 Å². The van der Waals surface area contributed by atoms with Crippen molar-refractivity contribution >= 4 is 27.3 Å². The molecule has 0 radical (unpaired) electrons. The van der Waals surface area contributed by atoms with Gasteiger partial charge in [-0.15, -0.1) is 0 Å². The number of aromatic nitrogens is 1. The maximum absolute atomic E-state index is 5.68. The van der Waals surface area contributed by atoms with Gasteiger partial charge in [-0.05, 0) is 58.2 Å². The maximum Gasteiger partial charge on any atom is 0.0486 e. The Hall–Kier alpha value is -1.55. The van der Waals surface area contributed by atoms with E-state index in [1.54, 1.807) is 0 Å². The molecular weight excluding hydrogens is 278 g/mol. The highest BCUT2D eigenvalue weighted by atomic mass is 79.9. The summed E-state index contributed by atoms with van der Waals surface area (Å²) < 4.78 is 0.993. The summed E-state index contributed by atoms with van der Waals surface area (Å²) in [5.74, 6) is 0. The first-order valence-electron chi connectivity index (χ1n) is 5.43. The Morgan fingerprint density at radius 3 is 2.65 bits per heavy atom. The molecule has 1 aromatic heterocycles. The second-order valence-electron chi connectivity index (χ2n) is 3.77. The summed E-state index contributed by atoms with van der Waals surface area (Å²) in [4.78, 5) is 3.99. The van der Waals surface area contributed by atoms with Gasteiger partial charge in [0.15, 0.2) is 0 Å². The molecular formula is C13H14BrN3. The zero-order chi connectivity index (χ0) is 12.1. The van der Waals surface area contributed by atoms with Crippen molar-refractivity contribution in [2.45, 2.75) is 6.42 Å². The van der Waals surface area contributed by atoms with Crippen LogP contribution < -0.4 is 11.1 Å². The zero-order valence-corrected chi connectivity index (χ0v) is 10.9.